The molecule has 0 aliphatic rings. The molecular weight excluding hydrogens is 248 g/mol. The van der Waals surface area contributed by atoms with E-state index in [1.807, 2.05) is 6.92 Å². The van der Waals surface area contributed by atoms with Gasteiger partial charge in [0.05, 0.1) is 11.7 Å². The summed E-state index contributed by atoms with van der Waals surface area (Å²) in [5, 5.41) is 10.0. The van der Waals surface area contributed by atoms with Gasteiger partial charge in [0.25, 0.3) is 0 Å². The van der Waals surface area contributed by atoms with E-state index in [4.69, 9.17) is 11.6 Å². The molecule has 88 valence electrons. The molecule has 2 atom stereocenters. The van der Waals surface area contributed by atoms with E-state index in [0.717, 1.165) is 0 Å². The number of aliphatic hydroxyl groups is 1. The zero-order valence-electron chi connectivity index (χ0n) is 9.27. The molecule has 4 nitrogen and oxygen atoms in total. The lowest BCUT2D eigenvalue weighted by Crippen LogP contribution is -2.16. The van der Waals surface area contributed by atoms with E-state index in [1.165, 1.54) is 11.8 Å². The van der Waals surface area contributed by atoms with Crippen molar-refractivity contribution in [2.45, 2.75) is 37.2 Å². The van der Waals surface area contributed by atoms with Crippen LogP contribution in [0.5, 0.6) is 0 Å². The number of aliphatic hydroxyl groups excluding tert-OH is 1. The lowest BCUT2D eigenvalue weighted by atomic mass is 10.3. The predicted molar refractivity (Wildman–Crippen MR) is 64.2 cm³/mol. The molecule has 0 aliphatic carbocycles. The normalized spacial score (nSPS) is 14.6. The van der Waals surface area contributed by atoms with Crippen LogP contribution in [-0.2, 0) is 0 Å². The topological polar surface area (TPSA) is 63.1 Å². The maximum absolute atomic E-state index is 10.9. The summed E-state index contributed by atoms with van der Waals surface area (Å²) in [6, 6.07) is 0. The van der Waals surface area contributed by atoms with Crippen LogP contribution in [0, 0.1) is 6.92 Å². The van der Waals surface area contributed by atoms with Gasteiger partial charge in [-0.05, 0) is 13.8 Å². The van der Waals surface area contributed by atoms with E-state index in [-0.39, 0.29) is 16.0 Å². The number of rotatable bonds is 4. The third-order valence-electron chi connectivity index (χ3n) is 2.07. The summed E-state index contributed by atoms with van der Waals surface area (Å²) in [6.07, 6.45) is 0.150. The Bertz CT molecular complexity index is 399. The second kappa shape index (κ2) is 5.61. The van der Waals surface area contributed by atoms with Crippen LogP contribution >= 0.6 is 23.4 Å². The molecule has 0 spiro atoms. The molecule has 0 aromatic carbocycles. The van der Waals surface area contributed by atoms with Crippen molar-refractivity contribution in [3.05, 3.63) is 16.5 Å². The first kappa shape index (κ1) is 13.4. The second-order valence-corrected chi connectivity index (χ2v) is 5.19. The van der Waals surface area contributed by atoms with Gasteiger partial charge in [-0.3, -0.25) is 4.79 Å². The Morgan fingerprint density at radius 2 is 2.06 bits per heavy atom. The van der Waals surface area contributed by atoms with Gasteiger partial charge < -0.3 is 5.11 Å². The van der Waals surface area contributed by atoms with Gasteiger partial charge in [0.1, 0.15) is 16.0 Å². The van der Waals surface area contributed by atoms with Gasteiger partial charge in [-0.25, -0.2) is 9.97 Å². The van der Waals surface area contributed by atoms with Crippen molar-refractivity contribution in [1.82, 2.24) is 9.97 Å². The van der Waals surface area contributed by atoms with E-state index in [2.05, 4.69) is 9.97 Å². The van der Waals surface area contributed by atoms with Crippen LogP contribution in [-0.4, -0.2) is 32.7 Å². The summed E-state index contributed by atoms with van der Waals surface area (Å²) in [7, 11) is 0. The summed E-state index contributed by atoms with van der Waals surface area (Å²) >= 11 is 7.15. The molecule has 0 fully saturated rings. The van der Waals surface area contributed by atoms with Crippen molar-refractivity contribution in [3.8, 4) is 0 Å². The number of aromatic nitrogens is 2. The standard InChI is InChI=1S/C10H13ClN2O2S/c1-5(15)6(2)16-10-8(4-14)9(11)12-7(3)13-10/h4-6,15H,1-3H3. The van der Waals surface area contributed by atoms with Crippen LogP contribution in [0.3, 0.4) is 0 Å². The highest BCUT2D eigenvalue weighted by Gasteiger charge is 2.17. The molecule has 16 heavy (non-hydrogen) atoms. The Labute approximate surface area is 103 Å². The van der Waals surface area contributed by atoms with Crippen LogP contribution in [0.4, 0.5) is 0 Å². The summed E-state index contributed by atoms with van der Waals surface area (Å²) in [6.45, 7) is 5.25. The number of nitrogens with zero attached hydrogens (tertiary/aromatic N) is 2. The first-order valence-electron chi connectivity index (χ1n) is 4.79. The number of hydrogen-bond acceptors (Lipinski definition) is 5. The molecular formula is C10H13ClN2O2S. The quantitative estimate of drug-likeness (QED) is 0.510. The Kier molecular flexibility index (Phi) is 4.70. The zero-order chi connectivity index (χ0) is 12.3. The average molecular weight is 261 g/mol. The molecule has 0 amide bonds. The minimum absolute atomic E-state index is 0.0657. The number of aryl methyl sites for hydroxylation is 1. The van der Waals surface area contributed by atoms with Crippen molar-refractivity contribution in [2.75, 3.05) is 0 Å². The van der Waals surface area contributed by atoms with Crippen molar-refractivity contribution >= 4 is 29.6 Å². The largest absolute Gasteiger partial charge is 0.392 e. The summed E-state index contributed by atoms with van der Waals surface area (Å²) in [4.78, 5) is 18.9. The molecule has 1 aromatic rings. The number of carbonyl (C=O) groups excluding carboxylic acids is 1. The molecule has 0 saturated carbocycles. The lowest BCUT2D eigenvalue weighted by Gasteiger charge is -2.14. The number of aldehydes is 1. The van der Waals surface area contributed by atoms with Gasteiger partial charge in [0.15, 0.2) is 6.29 Å². The molecule has 1 N–H and O–H groups in total. The molecule has 0 saturated heterocycles. The van der Waals surface area contributed by atoms with Crippen LogP contribution in [0.15, 0.2) is 5.03 Å². The van der Waals surface area contributed by atoms with E-state index >= 15 is 0 Å². The van der Waals surface area contributed by atoms with Gasteiger partial charge in [0.2, 0.25) is 0 Å². The average Bonchev–Trinajstić information content (AvgIpc) is 2.16. The van der Waals surface area contributed by atoms with Crippen molar-refractivity contribution in [3.63, 3.8) is 0 Å². The Balaban J connectivity index is 3.07. The van der Waals surface area contributed by atoms with Crippen molar-refractivity contribution < 1.29 is 9.90 Å². The smallest absolute Gasteiger partial charge is 0.155 e. The zero-order valence-corrected chi connectivity index (χ0v) is 10.8. The van der Waals surface area contributed by atoms with Crippen LogP contribution in [0.2, 0.25) is 5.15 Å². The second-order valence-electron chi connectivity index (χ2n) is 3.46. The van der Waals surface area contributed by atoms with Crippen LogP contribution < -0.4 is 0 Å². The van der Waals surface area contributed by atoms with Crippen LogP contribution in [0.1, 0.15) is 30.0 Å². The van der Waals surface area contributed by atoms with E-state index in [1.54, 1.807) is 13.8 Å². The SMILES string of the molecule is Cc1nc(Cl)c(C=O)c(SC(C)C(C)O)n1. The molecule has 0 radical (unpaired) electrons. The summed E-state index contributed by atoms with van der Waals surface area (Å²) in [5.74, 6) is 0.510. The van der Waals surface area contributed by atoms with Gasteiger partial charge in [-0.1, -0.05) is 30.3 Å². The number of carbonyl (C=O) groups is 1. The van der Waals surface area contributed by atoms with Crippen molar-refractivity contribution in [1.29, 1.82) is 0 Å². The maximum Gasteiger partial charge on any atom is 0.155 e. The monoisotopic (exact) mass is 260 g/mol. The molecule has 1 rings (SSSR count). The van der Waals surface area contributed by atoms with Gasteiger partial charge in [0, 0.05) is 5.25 Å². The molecule has 1 heterocycles. The lowest BCUT2D eigenvalue weighted by molar-refractivity contribution is 0.111. The fourth-order valence-electron chi connectivity index (χ4n) is 0.986. The summed E-state index contributed by atoms with van der Waals surface area (Å²) in [5.41, 5.74) is 0.282. The van der Waals surface area contributed by atoms with E-state index in [0.29, 0.717) is 17.1 Å². The Hall–Kier alpha value is -0.650. The molecule has 1 aromatic heterocycles. The highest BCUT2D eigenvalue weighted by molar-refractivity contribution is 8.00. The molecule has 0 bridgehead atoms. The van der Waals surface area contributed by atoms with E-state index in [9.17, 15) is 9.90 Å². The van der Waals surface area contributed by atoms with Crippen molar-refractivity contribution in [2.24, 2.45) is 0 Å². The minimum atomic E-state index is -0.487. The van der Waals surface area contributed by atoms with Gasteiger partial charge >= 0.3 is 0 Å². The molecule has 2 unspecified atom stereocenters. The Morgan fingerprint density at radius 3 is 2.56 bits per heavy atom. The maximum atomic E-state index is 10.9. The number of halogens is 1. The predicted octanol–water partition coefficient (Wildman–Crippen LogP) is 2.11. The summed E-state index contributed by atoms with van der Waals surface area (Å²) < 4.78 is 0. The van der Waals surface area contributed by atoms with E-state index < -0.39 is 6.10 Å². The Morgan fingerprint density at radius 1 is 1.44 bits per heavy atom. The van der Waals surface area contributed by atoms with Crippen LogP contribution in [0.25, 0.3) is 0 Å². The molecule has 0 aliphatic heterocycles. The fraction of sp³-hybridized carbons (Fsp3) is 0.500. The van der Waals surface area contributed by atoms with Gasteiger partial charge in [-0.2, -0.15) is 0 Å². The first-order chi connectivity index (χ1) is 7.45. The highest BCUT2D eigenvalue weighted by Crippen LogP contribution is 2.28. The third kappa shape index (κ3) is 3.17. The minimum Gasteiger partial charge on any atom is -0.392 e. The highest BCUT2D eigenvalue weighted by atomic mass is 35.5. The number of hydrogen-bond donors (Lipinski definition) is 1. The number of thioether (sulfide) groups is 1. The first-order valence-corrected chi connectivity index (χ1v) is 6.05. The van der Waals surface area contributed by atoms with Gasteiger partial charge in [-0.15, -0.1) is 0 Å². The molecule has 6 heteroatoms. The fourth-order valence-corrected chi connectivity index (χ4v) is 2.30. The third-order valence-corrected chi connectivity index (χ3v) is 3.66.